The van der Waals surface area contributed by atoms with Gasteiger partial charge in [-0.3, -0.25) is 4.79 Å². The molecule has 0 bridgehead atoms. The van der Waals surface area contributed by atoms with Crippen LogP contribution in [0.15, 0.2) is 60.3 Å². The Labute approximate surface area is 182 Å². The number of nitrogens with one attached hydrogen (secondary N) is 3. The van der Waals surface area contributed by atoms with Gasteiger partial charge in [-0.25, -0.2) is 0 Å². The van der Waals surface area contributed by atoms with Gasteiger partial charge >= 0.3 is 0 Å². The molecule has 2 aliphatic carbocycles. The van der Waals surface area contributed by atoms with E-state index in [4.69, 9.17) is 11.1 Å². The molecule has 1 aromatic carbocycles. The average Bonchev–Trinajstić information content (AvgIpc) is 3.70. The molecule has 2 atom stereocenters. The Hall–Kier alpha value is -2.50. The molecule has 0 aliphatic heterocycles. The maximum absolute atomic E-state index is 10.7. The van der Waals surface area contributed by atoms with Crippen molar-refractivity contribution in [2.24, 2.45) is 11.7 Å². The molecule has 0 amide bonds. The van der Waals surface area contributed by atoms with E-state index in [9.17, 15) is 4.79 Å². The van der Waals surface area contributed by atoms with Crippen LogP contribution in [-0.4, -0.2) is 38.7 Å². The summed E-state index contributed by atoms with van der Waals surface area (Å²) in [4.78, 5) is 10.7. The SMILES string of the molecule is C=C/C(C=N)=C(N)\C=C/CNC.CC.O=Cc1cccc(C2CC2NCC2CC2)c1. The van der Waals surface area contributed by atoms with E-state index in [0.717, 1.165) is 24.3 Å². The summed E-state index contributed by atoms with van der Waals surface area (Å²) in [5.74, 6) is 1.58. The molecule has 2 fully saturated rings. The maximum Gasteiger partial charge on any atom is 0.150 e. The lowest BCUT2D eigenvalue weighted by Crippen LogP contribution is -2.20. The van der Waals surface area contributed by atoms with E-state index in [2.05, 4.69) is 23.3 Å². The Morgan fingerprint density at radius 3 is 2.63 bits per heavy atom. The number of benzene rings is 1. The second-order valence-corrected chi connectivity index (χ2v) is 7.31. The summed E-state index contributed by atoms with van der Waals surface area (Å²) in [5, 5.41) is 13.6. The van der Waals surface area contributed by atoms with Gasteiger partial charge in [0.25, 0.3) is 0 Å². The van der Waals surface area contributed by atoms with Crippen LogP contribution in [0.2, 0.25) is 0 Å². The Morgan fingerprint density at radius 1 is 1.33 bits per heavy atom. The normalized spacial score (nSPS) is 20.1. The van der Waals surface area contributed by atoms with E-state index >= 15 is 0 Å². The first-order valence-electron chi connectivity index (χ1n) is 10.8. The molecule has 5 heteroatoms. The summed E-state index contributed by atoms with van der Waals surface area (Å²) in [6.45, 7) is 9.50. The average molecular weight is 411 g/mol. The molecule has 2 unspecified atom stereocenters. The van der Waals surface area contributed by atoms with Crippen LogP contribution in [0, 0.1) is 11.3 Å². The Morgan fingerprint density at radius 2 is 2.07 bits per heavy atom. The summed E-state index contributed by atoms with van der Waals surface area (Å²) >= 11 is 0. The van der Waals surface area contributed by atoms with Gasteiger partial charge in [0.1, 0.15) is 6.29 Å². The van der Waals surface area contributed by atoms with Crippen molar-refractivity contribution in [3.05, 3.63) is 71.5 Å². The highest BCUT2D eigenvalue weighted by Gasteiger charge is 2.38. The molecule has 5 nitrogen and oxygen atoms in total. The van der Waals surface area contributed by atoms with Gasteiger partial charge in [0.2, 0.25) is 0 Å². The van der Waals surface area contributed by atoms with E-state index in [1.165, 1.54) is 37.6 Å². The van der Waals surface area contributed by atoms with Crippen LogP contribution in [0.3, 0.4) is 0 Å². The highest BCUT2D eigenvalue weighted by Crippen LogP contribution is 2.41. The third-order valence-corrected chi connectivity index (χ3v) is 4.96. The van der Waals surface area contributed by atoms with E-state index in [1.807, 2.05) is 45.2 Å². The quantitative estimate of drug-likeness (QED) is 0.264. The second-order valence-electron chi connectivity index (χ2n) is 7.31. The molecule has 30 heavy (non-hydrogen) atoms. The van der Waals surface area contributed by atoms with Gasteiger partial charge in [0.15, 0.2) is 0 Å². The van der Waals surface area contributed by atoms with Crippen molar-refractivity contribution in [3.63, 3.8) is 0 Å². The van der Waals surface area contributed by atoms with Gasteiger partial charge < -0.3 is 21.8 Å². The topological polar surface area (TPSA) is 91.0 Å². The Balaban J connectivity index is 0.000000290. The van der Waals surface area contributed by atoms with Crippen molar-refractivity contribution in [3.8, 4) is 0 Å². The predicted molar refractivity (Wildman–Crippen MR) is 128 cm³/mol. The fraction of sp³-hybridized carbons (Fsp3) is 0.440. The zero-order valence-electron chi connectivity index (χ0n) is 18.7. The largest absolute Gasteiger partial charge is 0.398 e. The molecule has 1 aromatic rings. The molecule has 0 radical (unpaired) electrons. The molecule has 3 rings (SSSR count). The van der Waals surface area contributed by atoms with Crippen LogP contribution < -0.4 is 16.4 Å². The van der Waals surface area contributed by atoms with Crippen molar-refractivity contribution in [2.45, 2.75) is 45.1 Å². The summed E-state index contributed by atoms with van der Waals surface area (Å²) in [5.41, 5.74) is 8.94. The lowest BCUT2D eigenvalue weighted by Gasteiger charge is -2.03. The second kappa shape index (κ2) is 14.5. The molecule has 0 spiro atoms. The number of likely N-dealkylation sites (N-methyl/N-ethyl adjacent to an activating group) is 1. The molecule has 0 saturated heterocycles. The Kier molecular flexibility index (Phi) is 12.3. The van der Waals surface area contributed by atoms with Crippen LogP contribution in [-0.2, 0) is 0 Å². The highest BCUT2D eigenvalue weighted by molar-refractivity contribution is 5.81. The summed E-state index contributed by atoms with van der Waals surface area (Å²) in [6, 6.07) is 8.66. The van der Waals surface area contributed by atoms with Gasteiger partial charge in [-0.2, -0.15) is 0 Å². The monoisotopic (exact) mass is 410 g/mol. The number of carbonyl (C=O) groups excluding carboxylic acids is 1. The summed E-state index contributed by atoms with van der Waals surface area (Å²) < 4.78 is 0. The molecule has 164 valence electrons. The van der Waals surface area contributed by atoms with Crippen molar-refractivity contribution >= 4 is 12.5 Å². The lowest BCUT2D eigenvalue weighted by molar-refractivity contribution is 0.112. The first-order valence-corrected chi connectivity index (χ1v) is 10.8. The Bertz CT molecular complexity index is 724. The summed E-state index contributed by atoms with van der Waals surface area (Å²) in [7, 11) is 1.86. The number of rotatable bonds is 10. The van der Waals surface area contributed by atoms with E-state index in [0.29, 0.717) is 23.2 Å². The molecule has 0 heterocycles. The highest BCUT2D eigenvalue weighted by atomic mass is 16.1. The van der Waals surface area contributed by atoms with Gasteiger partial charge in [-0.15, -0.1) is 0 Å². The number of hydrogen-bond acceptors (Lipinski definition) is 5. The minimum Gasteiger partial charge on any atom is -0.398 e. The van der Waals surface area contributed by atoms with Gasteiger partial charge in [0, 0.05) is 41.6 Å². The van der Waals surface area contributed by atoms with Crippen LogP contribution in [0.5, 0.6) is 0 Å². The number of carbonyl (C=O) groups is 1. The smallest absolute Gasteiger partial charge is 0.150 e. The van der Waals surface area contributed by atoms with Gasteiger partial charge in [-0.1, -0.05) is 50.8 Å². The first kappa shape index (κ1) is 25.5. The predicted octanol–water partition coefficient (Wildman–Crippen LogP) is 4.19. The van der Waals surface area contributed by atoms with Crippen LogP contribution >= 0.6 is 0 Å². The van der Waals surface area contributed by atoms with Gasteiger partial charge in [0.05, 0.1) is 0 Å². The fourth-order valence-corrected chi connectivity index (χ4v) is 2.95. The molecule has 5 N–H and O–H groups in total. The van der Waals surface area contributed by atoms with E-state index < -0.39 is 0 Å². The minimum absolute atomic E-state index is 0.565. The first-order chi connectivity index (χ1) is 14.6. The number of allylic oxidation sites excluding steroid dienone is 3. The number of aldehydes is 1. The van der Waals surface area contributed by atoms with Crippen LogP contribution in [0.25, 0.3) is 0 Å². The number of nitrogens with two attached hydrogens (primary N) is 1. The zero-order chi connectivity index (χ0) is 22.4. The molecule has 2 aliphatic rings. The van der Waals surface area contributed by atoms with E-state index in [-0.39, 0.29) is 0 Å². The molecule has 2 saturated carbocycles. The molecular weight excluding hydrogens is 372 g/mol. The standard InChI is InChI=1S/C14H17NO.C9H15N3.C2H6/c16-9-11-2-1-3-12(6-11)13-7-14(13)15-8-10-4-5-10;1-3-8(7-10)9(11)5-4-6-12-2;1-2/h1-3,6,9-10,13-15H,4-5,7-8H2;3-5,7,10,12H,1,6,11H2,2H3;1-2H3/b;5-4-,9-8-,10-7?;. The summed E-state index contributed by atoms with van der Waals surface area (Å²) in [6.07, 6.45) is 11.4. The zero-order valence-corrected chi connectivity index (χ0v) is 18.7. The van der Waals surface area contributed by atoms with Crippen LogP contribution in [0.1, 0.15) is 54.9 Å². The van der Waals surface area contributed by atoms with Crippen molar-refractivity contribution in [1.82, 2.24) is 10.6 Å². The lowest BCUT2D eigenvalue weighted by atomic mass is 10.1. The third kappa shape index (κ3) is 9.33. The molecule has 0 aromatic heterocycles. The van der Waals surface area contributed by atoms with Crippen molar-refractivity contribution in [2.75, 3.05) is 20.1 Å². The van der Waals surface area contributed by atoms with Gasteiger partial charge in [-0.05, 0) is 56.5 Å². The third-order valence-electron chi connectivity index (χ3n) is 4.96. The minimum atomic E-state index is 0.565. The number of hydrogen-bond donors (Lipinski definition) is 4. The maximum atomic E-state index is 10.7. The van der Waals surface area contributed by atoms with Crippen molar-refractivity contribution < 1.29 is 4.79 Å². The van der Waals surface area contributed by atoms with E-state index in [1.54, 1.807) is 12.2 Å². The van der Waals surface area contributed by atoms with Crippen molar-refractivity contribution in [1.29, 1.82) is 5.41 Å². The molecular formula is C25H38N4O. The fourth-order valence-electron chi connectivity index (χ4n) is 2.95. The van der Waals surface area contributed by atoms with Crippen LogP contribution in [0.4, 0.5) is 0 Å².